The maximum absolute atomic E-state index is 15.3. The number of anilines is 2. The second kappa shape index (κ2) is 21.9. The summed E-state index contributed by atoms with van der Waals surface area (Å²) in [6, 6.07) is 34.7. The molecule has 3 aliphatic heterocycles. The molecule has 0 spiro atoms. The number of rotatable bonds is 18. The Morgan fingerprint density at radius 3 is 2.15 bits per heavy atom. The molecule has 16 nitrogen and oxygen atoms in total. The minimum Gasteiger partial charge on any atom is -0.457 e. The van der Waals surface area contributed by atoms with E-state index in [4.69, 9.17) is 42.7 Å². The van der Waals surface area contributed by atoms with Gasteiger partial charge in [-0.05, 0) is 57.5 Å². The van der Waals surface area contributed by atoms with Crippen molar-refractivity contribution in [2.24, 2.45) is 5.41 Å². The van der Waals surface area contributed by atoms with E-state index in [0.29, 0.717) is 54.3 Å². The molecule has 6 aromatic rings. The highest BCUT2D eigenvalue weighted by molar-refractivity contribution is 7.44. The highest BCUT2D eigenvalue weighted by Gasteiger charge is 2.57. The fourth-order valence-electron chi connectivity index (χ4n) is 9.96. The largest absolute Gasteiger partial charge is 0.457 e. The zero-order valence-corrected chi connectivity index (χ0v) is 43.5. The predicted molar refractivity (Wildman–Crippen MR) is 275 cm³/mol. The number of carbonyl (C=O) groups is 1. The molecule has 384 valence electrons. The molecule has 2 saturated heterocycles. The van der Waals surface area contributed by atoms with Gasteiger partial charge in [-0.25, -0.2) is 24.0 Å². The van der Waals surface area contributed by atoms with E-state index in [0.717, 1.165) is 16.7 Å². The van der Waals surface area contributed by atoms with Crippen molar-refractivity contribution in [2.45, 2.75) is 116 Å². The van der Waals surface area contributed by atoms with Crippen LogP contribution in [0, 0.1) is 22.6 Å². The zero-order chi connectivity index (χ0) is 51.5. The SMILES string of the molecule is COC1(O[C@@H]2[C@H](OC3(c4ccccc4)c4ccccc4Oc4ccccc43)[C@@H](COP(OCCC#N)N(C(C)C)C(C)C)O[C@H]2n2cnc3c(NC(=O)C(C)(C)C)ncnc32)CCN(c2ccccc2F)CC1. The minimum atomic E-state index is -1.75. The lowest BCUT2D eigenvalue weighted by Gasteiger charge is -2.46. The molecule has 1 amide bonds. The fourth-order valence-corrected chi connectivity index (χ4v) is 11.6. The Balaban J connectivity index is 1.22. The van der Waals surface area contributed by atoms with Crippen LogP contribution in [-0.2, 0) is 38.4 Å². The number of methoxy groups -OCH3 is 1. The second-order valence-electron chi connectivity index (χ2n) is 20.0. The Hall–Kier alpha value is -5.93. The van der Waals surface area contributed by atoms with Crippen LogP contribution in [0.1, 0.15) is 90.6 Å². The number of para-hydroxylation sites is 3. The Morgan fingerprint density at radius 1 is 0.877 bits per heavy atom. The van der Waals surface area contributed by atoms with Crippen molar-refractivity contribution in [3.63, 3.8) is 0 Å². The molecule has 0 radical (unpaired) electrons. The van der Waals surface area contributed by atoms with Crippen molar-refractivity contribution in [1.29, 1.82) is 5.26 Å². The molecule has 0 bridgehead atoms. The molecule has 18 heteroatoms. The van der Waals surface area contributed by atoms with Gasteiger partial charge in [0.25, 0.3) is 8.53 Å². The van der Waals surface area contributed by atoms with Gasteiger partial charge in [-0.15, -0.1) is 0 Å². The number of nitrogens with one attached hydrogen (secondary N) is 1. The summed E-state index contributed by atoms with van der Waals surface area (Å²) in [5, 5.41) is 12.5. The first-order chi connectivity index (χ1) is 35.2. The number of imidazole rings is 1. The van der Waals surface area contributed by atoms with E-state index in [2.05, 4.69) is 48.7 Å². The van der Waals surface area contributed by atoms with Gasteiger partial charge in [-0.2, -0.15) is 5.26 Å². The Labute approximate surface area is 427 Å². The first-order valence-electron chi connectivity index (χ1n) is 24.9. The average molecular weight is 1020 g/mol. The number of piperidine rings is 1. The van der Waals surface area contributed by atoms with Crippen molar-refractivity contribution in [2.75, 3.05) is 43.6 Å². The van der Waals surface area contributed by atoms with Gasteiger partial charge in [0.15, 0.2) is 34.6 Å². The first kappa shape index (κ1) is 52.0. The van der Waals surface area contributed by atoms with Crippen LogP contribution in [-0.4, -0.2) is 99.7 Å². The summed E-state index contributed by atoms with van der Waals surface area (Å²) in [4.78, 5) is 29.4. The summed E-state index contributed by atoms with van der Waals surface area (Å²) in [6.45, 7) is 14.7. The average Bonchev–Trinajstić information content (AvgIpc) is 3.96. The number of hydrogen-bond acceptors (Lipinski definition) is 14. The van der Waals surface area contributed by atoms with E-state index in [1.807, 2.05) is 111 Å². The summed E-state index contributed by atoms with van der Waals surface area (Å²) < 4.78 is 68.8. The van der Waals surface area contributed by atoms with Gasteiger partial charge in [-0.3, -0.25) is 9.36 Å². The number of halogens is 1. The van der Waals surface area contributed by atoms with Gasteiger partial charge in [0.1, 0.15) is 42.0 Å². The maximum Gasteiger partial charge on any atom is 0.259 e. The van der Waals surface area contributed by atoms with Crippen LogP contribution < -0.4 is 15.0 Å². The van der Waals surface area contributed by atoms with Crippen LogP contribution in [0.25, 0.3) is 11.2 Å². The van der Waals surface area contributed by atoms with Crippen molar-refractivity contribution < 1.29 is 41.9 Å². The number of ether oxygens (including phenoxy) is 5. The predicted octanol–water partition coefficient (Wildman–Crippen LogP) is 10.7. The van der Waals surface area contributed by atoms with Crippen molar-refractivity contribution in [1.82, 2.24) is 24.2 Å². The topological polar surface area (TPSA) is 168 Å². The van der Waals surface area contributed by atoms with Crippen LogP contribution in [0.3, 0.4) is 0 Å². The highest BCUT2D eigenvalue weighted by atomic mass is 31.2. The third-order valence-electron chi connectivity index (χ3n) is 13.5. The lowest BCUT2D eigenvalue weighted by molar-refractivity contribution is -0.282. The molecule has 5 heterocycles. The number of amides is 1. The smallest absolute Gasteiger partial charge is 0.259 e. The Bertz CT molecular complexity index is 2850. The normalized spacial score (nSPS) is 20.7. The lowest BCUT2D eigenvalue weighted by atomic mass is 9.77. The van der Waals surface area contributed by atoms with E-state index < -0.39 is 49.9 Å². The quantitative estimate of drug-likeness (QED) is 0.0490. The second-order valence-corrected chi connectivity index (χ2v) is 21.5. The van der Waals surface area contributed by atoms with Crippen LogP contribution in [0.4, 0.5) is 15.9 Å². The van der Waals surface area contributed by atoms with Crippen LogP contribution in [0.2, 0.25) is 0 Å². The highest BCUT2D eigenvalue weighted by Crippen LogP contribution is 2.56. The molecule has 1 unspecified atom stereocenters. The molecule has 3 aliphatic rings. The van der Waals surface area contributed by atoms with E-state index in [9.17, 15) is 10.1 Å². The summed E-state index contributed by atoms with van der Waals surface area (Å²) in [7, 11) is -0.126. The van der Waals surface area contributed by atoms with Crippen LogP contribution in [0.15, 0.2) is 116 Å². The van der Waals surface area contributed by atoms with E-state index >= 15 is 4.39 Å². The summed E-state index contributed by atoms with van der Waals surface area (Å²) in [5.41, 5.74) is 1.49. The molecule has 1 N–H and O–H groups in total. The van der Waals surface area contributed by atoms with Crippen LogP contribution in [0.5, 0.6) is 11.5 Å². The monoisotopic (exact) mass is 1010 g/mol. The molecule has 0 aliphatic carbocycles. The molecule has 73 heavy (non-hydrogen) atoms. The summed E-state index contributed by atoms with van der Waals surface area (Å²) in [6.07, 6.45) is -0.0311. The third kappa shape index (κ3) is 10.5. The summed E-state index contributed by atoms with van der Waals surface area (Å²) in [5.74, 6) is -0.326. The number of hydrogen-bond donors (Lipinski definition) is 1. The molecule has 2 aromatic heterocycles. The number of carbonyl (C=O) groups excluding carboxylic acids is 1. The Morgan fingerprint density at radius 2 is 1.52 bits per heavy atom. The molecule has 2 fully saturated rings. The fraction of sp³-hybridized carbons (Fsp3) is 0.436. The number of aromatic nitrogens is 4. The van der Waals surface area contributed by atoms with Gasteiger partial charge >= 0.3 is 0 Å². The lowest BCUT2D eigenvalue weighted by Crippen LogP contribution is -2.53. The molecular weight excluding hydrogens is 951 g/mol. The minimum absolute atomic E-state index is 0.0203. The molecular formula is C55H64FN8O8P. The molecule has 9 rings (SSSR count). The van der Waals surface area contributed by atoms with E-state index in [1.165, 1.54) is 12.4 Å². The van der Waals surface area contributed by atoms with Gasteiger partial charge in [0.05, 0.1) is 37.7 Å². The van der Waals surface area contributed by atoms with Crippen molar-refractivity contribution >= 4 is 37.1 Å². The Kier molecular flexibility index (Phi) is 15.6. The van der Waals surface area contributed by atoms with Gasteiger partial charge < -0.3 is 42.9 Å². The van der Waals surface area contributed by atoms with Gasteiger partial charge in [0, 0.05) is 61.7 Å². The standard InChI is InChI=1S/C55H64FN8O8P/c1-36(2)64(37(3)4)73(67-32-18-29-57)68-33-45-47(72-55(38-19-10-9-11-20-38)39-21-12-16-25-43(39)69-44-26-17-13-22-40(44)55)48(71-54(66-8)27-30-62(31-28-54)42-24-15-14-23-41(42)56)51(70-45)63-35-60-46-49(58-34-59-50(46)63)61-52(65)53(5,6)7/h9-17,19-26,34-37,45,47-48,51H,18,27-28,30-33H2,1-8H3,(H,58,59,61,65)/t45-,47-,48-,51-,73?/m1/s1. The number of nitriles is 1. The number of nitrogens with zero attached hydrogens (tertiary/aromatic N) is 7. The summed E-state index contributed by atoms with van der Waals surface area (Å²) >= 11 is 0. The molecule has 0 saturated carbocycles. The van der Waals surface area contributed by atoms with E-state index in [1.54, 1.807) is 30.1 Å². The van der Waals surface area contributed by atoms with Gasteiger partial charge in [0.2, 0.25) is 5.91 Å². The first-order valence-corrected chi connectivity index (χ1v) is 26.0. The zero-order valence-electron chi connectivity index (χ0n) is 42.6. The third-order valence-corrected chi connectivity index (χ3v) is 15.6. The van der Waals surface area contributed by atoms with Crippen molar-refractivity contribution in [3.8, 4) is 17.6 Å². The molecule has 4 aromatic carbocycles. The molecule has 5 atom stereocenters. The van der Waals surface area contributed by atoms with E-state index in [-0.39, 0.29) is 49.3 Å². The van der Waals surface area contributed by atoms with Crippen LogP contribution >= 0.6 is 8.53 Å². The number of benzene rings is 4. The maximum atomic E-state index is 15.3. The van der Waals surface area contributed by atoms with Gasteiger partial charge in [-0.1, -0.05) is 99.6 Å². The van der Waals surface area contributed by atoms with Crippen molar-refractivity contribution in [3.05, 3.63) is 138 Å². The number of fused-ring (bicyclic) bond motifs is 3.